The largest absolute Gasteiger partial charge is 0.370 e. The third kappa shape index (κ3) is 3.43. The van der Waals surface area contributed by atoms with Crippen molar-refractivity contribution in [2.24, 2.45) is 16.5 Å². The number of guanidine groups is 1. The molecule has 1 rings (SSSR count). The highest BCUT2D eigenvalue weighted by atomic mass is 19.1. The molecular weight excluding hydrogens is 181 g/mol. The van der Waals surface area contributed by atoms with Gasteiger partial charge in [-0.2, -0.15) is 0 Å². The summed E-state index contributed by atoms with van der Waals surface area (Å²) >= 11 is 0. The molecule has 0 heterocycles. The van der Waals surface area contributed by atoms with Crippen LogP contribution in [-0.2, 0) is 6.42 Å². The molecule has 0 aliphatic heterocycles. The van der Waals surface area contributed by atoms with E-state index >= 15 is 0 Å². The maximum atomic E-state index is 12.6. The van der Waals surface area contributed by atoms with E-state index in [9.17, 15) is 4.39 Å². The molecule has 0 aliphatic carbocycles. The Morgan fingerprint density at radius 2 is 1.93 bits per heavy atom. The molecule has 0 amide bonds. The monoisotopic (exact) mass is 195 g/mol. The summed E-state index contributed by atoms with van der Waals surface area (Å²) in [6.07, 6.45) is 0.707. The van der Waals surface area contributed by atoms with Gasteiger partial charge in [0.25, 0.3) is 0 Å². The standard InChI is InChI=1S/C10H14FN3/c1-7(14-10(12)13)6-8-2-4-9(11)5-3-8/h2-5,7H,6H2,1H3,(H4,12,13,14). The summed E-state index contributed by atoms with van der Waals surface area (Å²) in [5.74, 6) is -0.150. The first-order chi connectivity index (χ1) is 6.58. The van der Waals surface area contributed by atoms with Gasteiger partial charge in [-0.05, 0) is 31.0 Å². The normalized spacial score (nSPS) is 12.1. The Labute approximate surface area is 82.6 Å². The van der Waals surface area contributed by atoms with Gasteiger partial charge in [0.15, 0.2) is 5.96 Å². The molecule has 0 spiro atoms. The topological polar surface area (TPSA) is 64.4 Å². The Morgan fingerprint density at radius 1 is 1.36 bits per heavy atom. The molecule has 76 valence electrons. The van der Waals surface area contributed by atoms with Gasteiger partial charge in [-0.3, -0.25) is 4.99 Å². The van der Waals surface area contributed by atoms with E-state index in [0.717, 1.165) is 5.56 Å². The Kier molecular flexibility index (Phi) is 3.45. The molecule has 1 aromatic carbocycles. The van der Waals surface area contributed by atoms with Gasteiger partial charge in [0.1, 0.15) is 5.82 Å². The van der Waals surface area contributed by atoms with Crippen LogP contribution in [0.2, 0.25) is 0 Å². The van der Waals surface area contributed by atoms with Crippen LogP contribution in [0.5, 0.6) is 0 Å². The van der Waals surface area contributed by atoms with Gasteiger partial charge in [0.05, 0.1) is 6.04 Å². The van der Waals surface area contributed by atoms with Gasteiger partial charge in [-0.15, -0.1) is 0 Å². The van der Waals surface area contributed by atoms with Gasteiger partial charge in [0.2, 0.25) is 0 Å². The molecule has 0 saturated carbocycles. The number of hydrogen-bond donors (Lipinski definition) is 2. The average molecular weight is 195 g/mol. The molecule has 0 saturated heterocycles. The first-order valence-electron chi connectivity index (χ1n) is 4.41. The Morgan fingerprint density at radius 3 is 2.43 bits per heavy atom. The lowest BCUT2D eigenvalue weighted by molar-refractivity contribution is 0.626. The lowest BCUT2D eigenvalue weighted by Crippen LogP contribution is -2.25. The van der Waals surface area contributed by atoms with E-state index < -0.39 is 0 Å². The molecule has 0 aromatic heterocycles. The third-order valence-electron chi connectivity index (χ3n) is 1.81. The number of aliphatic imine (C=N–C) groups is 1. The highest BCUT2D eigenvalue weighted by molar-refractivity contribution is 5.75. The summed E-state index contributed by atoms with van der Waals surface area (Å²) in [6.45, 7) is 1.91. The molecule has 0 fully saturated rings. The fourth-order valence-electron chi connectivity index (χ4n) is 1.26. The third-order valence-corrected chi connectivity index (χ3v) is 1.81. The van der Waals surface area contributed by atoms with Crippen LogP contribution in [0.15, 0.2) is 29.3 Å². The summed E-state index contributed by atoms with van der Waals surface area (Å²) in [6, 6.07) is 6.34. The van der Waals surface area contributed by atoms with Crippen molar-refractivity contribution in [1.82, 2.24) is 0 Å². The number of nitrogens with two attached hydrogens (primary N) is 2. The highest BCUT2D eigenvalue weighted by Gasteiger charge is 2.01. The van der Waals surface area contributed by atoms with Crippen LogP contribution >= 0.6 is 0 Å². The molecule has 1 unspecified atom stereocenters. The van der Waals surface area contributed by atoms with Crippen molar-refractivity contribution in [3.8, 4) is 0 Å². The van der Waals surface area contributed by atoms with Gasteiger partial charge in [0, 0.05) is 0 Å². The van der Waals surface area contributed by atoms with Crippen LogP contribution in [0.25, 0.3) is 0 Å². The summed E-state index contributed by atoms with van der Waals surface area (Å²) in [4.78, 5) is 3.97. The van der Waals surface area contributed by atoms with Crippen LogP contribution in [0.1, 0.15) is 12.5 Å². The van der Waals surface area contributed by atoms with Crippen LogP contribution in [0, 0.1) is 5.82 Å². The Hall–Kier alpha value is -1.58. The van der Waals surface area contributed by atoms with Crippen LogP contribution < -0.4 is 11.5 Å². The molecule has 0 radical (unpaired) electrons. The van der Waals surface area contributed by atoms with Gasteiger partial charge in [-0.25, -0.2) is 4.39 Å². The molecule has 4 N–H and O–H groups in total. The van der Waals surface area contributed by atoms with Crippen molar-refractivity contribution in [3.63, 3.8) is 0 Å². The quantitative estimate of drug-likeness (QED) is 0.559. The zero-order chi connectivity index (χ0) is 10.6. The first kappa shape index (κ1) is 10.5. The second kappa shape index (κ2) is 4.60. The van der Waals surface area contributed by atoms with E-state index in [1.54, 1.807) is 12.1 Å². The van der Waals surface area contributed by atoms with E-state index in [1.165, 1.54) is 12.1 Å². The SMILES string of the molecule is CC(Cc1ccc(F)cc1)N=C(N)N. The second-order valence-electron chi connectivity index (χ2n) is 3.23. The zero-order valence-corrected chi connectivity index (χ0v) is 8.07. The molecule has 1 atom stereocenters. The van der Waals surface area contributed by atoms with E-state index in [1.807, 2.05) is 6.92 Å². The smallest absolute Gasteiger partial charge is 0.186 e. The molecule has 0 aliphatic rings. The first-order valence-corrected chi connectivity index (χ1v) is 4.41. The summed E-state index contributed by atoms with van der Waals surface area (Å²) in [5, 5.41) is 0. The predicted octanol–water partition coefficient (Wildman–Crippen LogP) is 1.03. The average Bonchev–Trinajstić information content (AvgIpc) is 2.07. The summed E-state index contributed by atoms with van der Waals surface area (Å²) < 4.78 is 12.6. The lowest BCUT2D eigenvalue weighted by Gasteiger charge is -2.06. The maximum Gasteiger partial charge on any atom is 0.186 e. The van der Waals surface area contributed by atoms with Crippen molar-refractivity contribution < 1.29 is 4.39 Å². The molecule has 14 heavy (non-hydrogen) atoms. The minimum Gasteiger partial charge on any atom is -0.370 e. The molecule has 3 nitrogen and oxygen atoms in total. The van der Waals surface area contributed by atoms with Crippen molar-refractivity contribution in [2.45, 2.75) is 19.4 Å². The zero-order valence-electron chi connectivity index (χ0n) is 8.07. The fraction of sp³-hybridized carbons (Fsp3) is 0.300. The molecule has 4 heteroatoms. The Bertz CT molecular complexity index is 315. The number of halogens is 1. The number of nitrogens with zero attached hydrogens (tertiary/aromatic N) is 1. The predicted molar refractivity (Wildman–Crippen MR) is 55.4 cm³/mol. The second-order valence-corrected chi connectivity index (χ2v) is 3.23. The minimum atomic E-state index is -0.233. The van der Waals surface area contributed by atoms with Crippen molar-refractivity contribution in [2.75, 3.05) is 0 Å². The van der Waals surface area contributed by atoms with Crippen molar-refractivity contribution in [1.29, 1.82) is 0 Å². The molecular formula is C10H14FN3. The maximum absolute atomic E-state index is 12.6. The van der Waals surface area contributed by atoms with Crippen LogP contribution in [0.3, 0.4) is 0 Å². The minimum absolute atomic E-state index is 0.0189. The van der Waals surface area contributed by atoms with Gasteiger partial charge in [-0.1, -0.05) is 12.1 Å². The molecule has 1 aromatic rings. The van der Waals surface area contributed by atoms with Crippen LogP contribution in [-0.4, -0.2) is 12.0 Å². The van der Waals surface area contributed by atoms with Gasteiger partial charge < -0.3 is 11.5 Å². The van der Waals surface area contributed by atoms with Crippen molar-refractivity contribution in [3.05, 3.63) is 35.6 Å². The van der Waals surface area contributed by atoms with E-state index in [-0.39, 0.29) is 17.8 Å². The lowest BCUT2D eigenvalue weighted by atomic mass is 10.1. The number of rotatable bonds is 3. The molecule has 0 bridgehead atoms. The van der Waals surface area contributed by atoms with Gasteiger partial charge >= 0.3 is 0 Å². The van der Waals surface area contributed by atoms with E-state index in [2.05, 4.69) is 4.99 Å². The number of benzene rings is 1. The Balaban J connectivity index is 2.61. The van der Waals surface area contributed by atoms with Crippen molar-refractivity contribution >= 4 is 5.96 Å². The highest BCUT2D eigenvalue weighted by Crippen LogP contribution is 2.07. The summed E-state index contributed by atoms with van der Waals surface area (Å²) in [7, 11) is 0. The van der Waals surface area contributed by atoms with Crippen LogP contribution in [0.4, 0.5) is 4.39 Å². The van der Waals surface area contributed by atoms with E-state index in [4.69, 9.17) is 11.5 Å². The number of hydrogen-bond acceptors (Lipinski definition) is 1. The van der Waals surface area contributed by atoms with E-state index in [0.29, 0.717) is 6.42 Å². The fourth-order valence-corrected chi connectivity index (χ4v) is 1.26. The summed E-state index contributed by atoms with van der Waals surface area (Å²) in [5.41, 5.74) is 11.5.